The molecule has 0 fully saturated rings. The van der Waals surface area contributed by atoms with Crippen LogP contribution in [0.2, 0.25) is 0 Å². The minimum Gasteiger partial charge on any atom is -0.494 e. The van der Waals surface area contributed by atoms with Crippen molar-refractivity contribution < 1.29 is 17.9 Å². The van der Waals surface area contributed by atoms with Gasteiger partial charge in [-0.3, -0.25) is 9.10 Å². The number of carbonyl (C=O) groups is 1. The van der Waals surface area contributed by atoms with Crippen LogP contribution in [0.3, 0.4) is 0 Å². The van der Waals surface area contributed by atoms with E-state index in [0.29, 0.717) is 24.6 Å². The van der Waals surface area contributed by atoms with Crippen molar-refractivity contribution in [2.24, 2.45) is 0 Å². The summed E-state index contributed by atoms with van der Waals surface area (Å²) >= 11 is 3.35. The fraction of sp³-hybridized carbons (Fsp3) is 0.321. The molecule has 0 atom stereocenters. The van der Waals surface area contributed by atoms with Gasteiger partial charge in [0.1, 0.15) is 12.3 Å². The maximum absolute atomic E-state index is 13.6. The largest absolute Gasteiger partial charge is 0.494 e. The number of rotatable bonds is 14. The summed E-state index contributed by atoms with van der Waals surface area (Å²) in [5.41, 5.74) is 2.93. The normalized spacial score (nSPS) is 11.2. The molecule has 0 heterocycles. The SMILES string of the molecule is CCOc1ccc(N(CC(=O)NCCCSCc2ccc(C)cc2)S(=O)(=O)c2ccc(SC)cc2)cc1. The van der Waals surface area contributed by atoms with Gasteiger partial charge in [-0.2, -0.15) is 11.8 Å². The quantitative estimate of drug-likeness (QED) is 0.201. The Kier molecular flexibility index (Phi) is 11.2. The lowest BCUT2D eigenvalue weighted by Crippen LogP contribution is -2.41. The van der Waals surface area contributed by atoms with Crippen LogP contribution in [0.4, 0.5) is 5.69 Å². The van der Waals surface area contributed by atoms with E-state index < -0.39 is 10.0 Å². The van der Waals surface area contributed by atoms with E-state index in [1.165, 1.54) is 22.9 Å². The van der Waals surface area contributed by atoms with Gasteiger partial charge in [0.15, 0.2) is 0 Å². The van der Waals surface area contributed by atoms with Gasteiger partial charge in [0, 0.05) is 17.2 Å². The Morgan fingerprint density at radius 3 is 2.27 bits per heavy atom. The molecule has 0 saturated carbocycles. The highest BCUT2D eigenvalue weighted by atomic mass is 32.2. The molecule has 0 aliphatic rings. The Labute approximate surface area is 229 Å². The van der Waals surface area contributed by atoms with Gasteiger partial charge in [0.2, 0.25) is 5.91 Å². The Morgan fingerprint density at radius 1 is 0.973 bits per heavy atom. The highest BCUT2D eigenvalue weighted by molar-refractivity contribution is 7.98. The van der Waals surface area contributed by atoms with Crippen LogP contribution < -0.4 is 14.4 Å². The predicted molar refractivity (Wildman–Crippen MR) is 155 cm³/mol. The number of carbonyl (C=O) groups excluding carboxylic acids is 1. The Bertz CT molecular complexity index is 1230. The van der Waals surface area contributed by atoms with Gasteiger partial charge in [0.05, 0.1) is 17.2 Å². The van der Waals surface area contributed by atoms with E-state index in [-0.39, 0.29) is 17.3 Å². The minimum atomic E-state index is -3.95. The van der Waals surface area contributed by atoms with Crippen molar-refractivity contribution in [2.75, 3.05) is 36.0 Å². The molecule has 0 unspecified atom stereocenters. The summed E-state index contributed by atoms with van der Waals surface area (Å²) in [6, 6.07) is 21.9. The van der Waals surface area contributed by atoms with Crippen LogP contribution in [-0.2, 0) is 20.6 Å². The summed E-state index contributed by atoms with van der Waals surface area (Å²) in [4.78, 5) is 13.9. The second kappa shape index (κ2) is 14.4. The molecule has 6 nitrogen and oxygen atoms in total. The number of thioether (sulfide) groups is 2. The molecule has 0 aliphatic carbocycles. The number of benzene rings is 3. The van der Waals surface area contributed by atoms with Crippen molar-refractivity contribution in [2.45, 2.75) is 35.8 Å². The standard InChI is InChI=1S/C28H34N2O4S3/c1-4-34-25-12-10-24(11-13-25)30(37(32,33)27-16-14-26(35-3)15-17-27)20-28(31)29-18-5-19-36-21-23-8-6-22(2)7-9-23/h6-17H,4-5,18-21H2,1-3H3,(H,29,31). The molecule has 1 amide bonds. The van der Waals surface area contributed by atoms with Crippen molar-refractivity contribution in [1.29, 1.82) is 0 Å². The smallest absolute Gasteiger partial charge is 0.264 e. The fourth-order valence-corrected chi connectivity index (χ4v) is 6.28. The van der Waals surface area contributed by atoms with E-state index in [1.807, 2.05) is 24.9 Å². The molecule has 3 rings (SSSR count). The molecule has 0 radical (unpaired) electrons. The van der Waals surface area contributed by atoms with Gasteiger partial charge in [-0.1, -0.05) is 29.8 Å². The highest BCUT2D eigenvalue weighted by Gasteiger charge is 2.27. The topological polar surface area (TPSA) is 75.7 Å². The molecule has 37 heavy (non-hydrogen) atoms. The number of anilines is 1. The van der Waals surface area contributed by atoms with Crippen molar-refractivity contribution in [3.63, 3.8) is 0 Å². The van der Waals surface area contributed by atoms with E-state index >= 15 is 0 Å². The fourth-order valence-electron chi connectivity index (χ4n) is 3.53. The van der Waals surface area contributed by atoms with E-state index in [0.717, 1.165) is 27.1 Å². The molecule has 0 saturated heterocycles. The monoisotopic (exact) mass is 558 g/mol. The molecular weight excluding hydrogens is 525 g/mol. The van der Waals surface area contributed by atoms with E-state index in [2.05, 4.69) is 36.5 Å². The number of ether oxygens (including phenoxy) is 1. The minimum absolute atomic E-state index is 0.138. The Hall–Kier alpha value is -2.62. The number of nitrogens with one attached hydrogen (secondary N) is 1. The maximum Gasteiger partial charge on any atom is 0.264 e. The van der Waals surface area contributed by atoms with Crippen molar-refractivity contribution >= 4 is 45.1 Å². The van der Waals surface area contributed by atoms with Gasteiger partial charge in [0.25, 0.3) is 10.0 Å². The second-order valence-corrected chi connectivity index (χ2v) is 12.2. The molecule has 9 heteroatoms. The first-order valence-corrected chi connectivity index (χ1v) is 15.9. The lowest BCUT2D eigenvalue weighted by Gasteiger charge is -2.24. The van der Waals surface area contributed by atoms with Crippen LogP contribution in [0, 0.1) is 6.92 Å². The molecule has 3 aromatic rings. The first-order valence-electron chi connectivity index (χ1n) is 12.1. The van der Waals surface area contributed by atoms with E-state index in [1.54, 1.807) is 48.5 Å². The average Bonchev–Trinajstić information content (AvgIpc) is 2.91. The van der Waals surface area contributed by atoms with Crippen LogP contribution in [0.25, 0.3) is 0 Å². The van der Waals surface area contributed by atoms with Crippen LogP contribution in [0.5, 0.6) is 5.75 Å². The zero-order chi connectivity index (χ0) is 26.7. The van der Waals surface area contributed by atoms with Crippen molar-refractivity contribution in [1.82, 2.24) is 5.32 Å². The number of hydrogen-bond acceptors (Lipinski definition) is 6. The van der Waals surface area contributed by atoms with E-state index in [4.69, 9.17) is 4.74 Å². The zero-order valence-electron chi connectivity index (χ0n) is 21.5. The molecule has 0 spiro atoms. The van der Waals surface area contributed by atoms with Gasteiger partial charge in [-0.25, -0.2) is 8.42 Å². The first-order chi connectivity index (χ1) is 17.8. The average molecular weight is 559 g/mol. The van der Waals surface area contributed by atoms with Gasteiger partial charge >= 0.3 is 0 Å². The molecule has 198 valence electrons. The number of aryl methyl sites for hydroxylation is 1. The maximum atomic E-state index is 13.6. The number of hydrogen-bond donors (Lipinski definition) is 1. The summed E-state index contributed by atoms with van der Waals surface area (Å²) in [6.45, 7) is 4.64. The third-order valence-corrected chi connectivity index (χ3v) is 9.19. The summed E-state index contributed by atoms with van der Waals surface area (Å²) in [5.74, 6) is 2.12. The third-order valence-electron chi connectivity index (χ3n) is 5.55. The first kappa shape index (κ1) is 28.9. The highest BCUT2D eigenvalue weighted by Crippen LogP contribution is 2.27. The van der Waals surface area contributed by atoms with Crippen LogP contribution >= 0.6 is 23.5 Å². The van der Waals surface area contributed by atoms with Gasteiger partial charge in [-0.05, 0) is 86.4 Å². The number of amides is 1. The lowest BCUT2D eigenvalue weighted by molar-refractivity contribution is -0.119. The molecule has 3 aromatic carbocycles. The van der Waals surface area contributed by atoms with Gasteiger partial charge in [-0.15, -0.1) is 11.8 Å². The van der Waals surface area contributed by atoms with Crippen molar-refractivity contribution in [3.8, 4) is 5.75 Å². The molecule has 0 aromatic heterocycles. The lowest BCUT2D eigenvalue weighted by atomic mass is 10.2. The van der Waals surface area contributed by atoms with Crippen LogP contribution in [-0.4, -0.2) is 46.0 Å². The van der Waals surface area contributed by atoms with Crippen LogP contribution in [0.1, 0.15) is 24.5 Å². The Morgan fingerprint density at radius 2 is 1.65 bits per heavy atom. The summed E-state index contributed by atoms with van der Waals surface area (Å²) < 4.78 is 33.7. The third kappa shape index (κ3) is 8.72. The predicted octanol–water partition coefficient (Wildman–Crippen LogP) is 5.75. The summed E-state index contributed by atoms with van der Waals surface area (Å²) in [7, 11) is -3.95. The Balaban J connectivity index is 1.62. The number of nitrogens with zero attached hydrogens (tertiary/aromatic N) is 1. The number of sulfonamides is 1. The molecule has 0 bridgehead atoms. The van der Waals surface area contributed by atoms with Crippen molar-refractivity contribution in [3.05, 3.63) is 83.9 Å². The van der Waals surface area contributed by atoms with Gasteiger partial charge < -0.3 is 10.1 Å². The second-order valence-electron chi connectivity index (χ2n) is 8.36. The summed E-state index contributed by atoms with van der Waals surface area (Å²) in [6.07, 6.45) is 2.73. The van der Waals surface area contributed by atoms with Crippen LogP contribution in [0.15, 0.2) is 82.6 Å². The molecular formula is C28H34N2O4S3. The summed E-state index contributed by atoms with van der Waals surface area (Å²) in [5, 5.41) is 2.88. The zero-order valence-corrected chi connectivity index (χ0v) is 23.9. The molecule has 1 N–H and O–H groups in total. The van der Waals surface area contributed by atoms with E-state index in [9.17, 15) is 13.2 Å². The molecule has 0 aliphatic heterocycles.